The summed E-state index contributed by atoms with van der Waals surface area (Å²) in [6.07, 6.45) is 4.47. The third kappa shape index (κ3) is 10.3. The highest BCUT2D eigenvalue weighted by Crippen LogP contribution is 2.34. The first-order chi connectivity index (χ1) is 25.5. The molecule has 3 aromatic rings. The number of carbonyl (C=O) groups excluding carboxylic acids is 1. The van der Waals surface area contributed by atoms with Crippen LogP contribution in [-0.2, 0) is 14.8 Å². The van der Waals surface area contributed by atoms with Gasteiger partial charge in [-0.15, -0.1) is 0 Å². The minimum absolute atomic E-state index is 0.0298. The average Bonchev–Trinajstić information content (AvgIpc) is 3.29. The van der Waals surface area contributed by atoms with E-state index in [9.17, 15) is 23.6 Å². The van der Waals surface area contributed by atoms with E-state index >= 15 is 0 Å². The Hall–Kier alpha value is -5.03. The lowest BCUT2D eigenvalue weighted by Gasteiger charge is -2.36. The molecule has 0 unspecified atom stereocenters. The number of nitriles is 1. The predicted octanol–water partition coefficient (Wildman–Crippen LogP) is 5.35. The first-order valence-electron chi connectivity index (χ1n) is 18.2. The number of anilines is 1. The van der Waals surface area contributed by atoms with Gasteiger partial charge in [-0.05, 0) is 78.8 Å². The Morgan fingerprint density at radius 1 is 1.11 bits per heavy atom. The Bertz CT molecular complexity index is 2010. The number of sulfonamides is 1. The van der Waals surface area contributed by atoms with Crippen LogP contribution >= 0.6 is 0 Å². The molecule has 5 N–H and O–H groups in total. The highest BCUT2D eigenvalue weighted by atomic mass is 32.2. The Kier molecular flexibility index (Phi) is 13.4. The fourth-order valence-corrected chi connectivity index (χ4v) is 7.83. The molecule has 1 saturated heterocycles. The van der Waals surface area contributed by atoms with Gasteiger partial charge in [-0.2, -0.15) is 9.57 Å². The molecule has 0 bridgehead atoms. The monoisotopic (exact) mass is 738 g/mol. The predicted molar refractivity (Wildman–Crippen MR) is 211 cm³/mol. The molecule has 0 atom stereocenters. The Morgan fingerprint density at radius 2 is 1.89 bits per heavy atom. The third-order valence-corrected chi connectivity index (χ3v) is 11.0. The van der Waals surface area contributed by atoms with Crippen molar-refractivity contribution in [2.45, 2.75) is 51.3 Å². The van der Waals surface area contributed by atoms with Gasteiger partial charge in [0.05, 0.1) is 22.2 Å². The van der Waals surface area contributed by atoms with Crippen LogP contribution < -0.4 is 16.4 Å². The fraction of sp³-hybridized carbons (Fsp3) is 0.400. The molecule has 12 nitrogen and oxygen atoms in total. The van der Waals surface area contributed by atoms with Gasteiger partial charge < -0.3 is 26.4 Å². The number of fused-ring (bicyclic) bond motifs is 1. The minimum atomic E-state index is -3.67. The van der Waals surface area contributed by atoms with Crippen LogP contribution in [0.25, 0.3) is 17.2 Å². The first-order valence-corrected chi connectivity index (χ1v) is 19.7. The van der Waals surface area contributed by atoms with Gasteiger partial charge in [-0.1, -0.05) is 51.1 Å². The van der Waals surface area contributed by atoms with E-state index in [4.69, 9.17) is 10.7 Å². The number of benzene rings is 3. The van der Waals surface area contributed by atoms with Gasteiger partial charge in [0.25, 0.3) is 0 Å². The largest absolute Gasteiger partial charge is 0.396 e. The molecule has 1 fully saturated rings. The number of nitrogens with zero attached hydrogens (tertiary/aromatic N) is 5. The van der Waals surface area contributed by atoms with Gasteiger partial charge in [-0.25, -0.2) is 13.4 Å². The van der Waals surface area contributed by atoms with Crippen molar-refractivity contribution in [1.82, 2.24) is 14.5 Å². The van der Waals surface area contributed by atoms with E-state index in [1.165, 1.54) is 4.31 Å². The molecular weight excluding hydrogens is 689 g/mol. The maximum absolute atomic E-state index is 14.0. The summed E-state index contributed by atoms with van der Waals surface area (Å²) in [4.78, 5) is 25.4. The molecule has 0 saturated carbocycles. The lowest BCUT2D eigenvalue weighted by molar-refractivity contribution is -0.127. The van der Waals surface area contributed by atoms with Crippen molar-refractivity contribution >= 4 is 45.2 Å². The maximum atomic E-state index is 14.0. The number of aliphatic hydroxyl groups is 1. The molecule has 280 valence electrons. The molecule has 13 heteroatoms. The molecule has 2 aliphatic heterocycles. The molecule has 0 radical (unpaired) electrons. The first kappa shape index (κ1) is 39.2. The van der Waals surface area contributed by atoms with Crippen molar-refractivity contribution < 1.29 is 18.3 Å². The highest BCUT2D eigenvalue weighted by molar-refractivity contribution is 7.89. The lowest BCUT2D eigenvalue weighted by atomic mass is 10.0. The molecule has 2 aliphatic rings. The fourth-order valence-electron chi connectivity index (χ4n) is 6.19. The number of guanidine groups is 1. The summed E-state index contributed by atoms with van der Waals surface area (Å²) in [6.45, 7) is 9.29. The van der Waals surface area contributed by atoms with Crippen LogP contribution in [0.1, 0.15) is 57.6 Å². The average molecular weight is 739 g/mol. The van der Waals surface area contributed by atoms with Crippen molar-refractivity contribution in [3.8, 4) is 17.2 Å². The number of aliphatic hydroxyl groups excluding tert-OH is 1. The van der Waals surface area contributed by atoms with E-state index < -0.39 is 10.0 Å². The van der Waals surface area contributed by atoms with E-state index in [0.29, 0.717) is 79.2 Å². The van der Waals surface area contributed by atoms with Gasteiger partial charge in [0, 0.05) is 75.0 Å². The summed E-state index contributed by atoms with van der Waals surface area (Å²) in [7, 11) is -3.67. The topological polar surface area (TPSA) is 177 Å². The molecule has 53 heavy (non-hydrogen) atoms. The summed E-state index contributed by atoms with van der Waals surface area (Å²) in [5.41, 5.74) is 11.1. The smallest absolute Gasteiger partial charge is 0.250 e. The van der Waals surface area contributed by atoms with Gasteiger partial charge in [0.1, 0.15) is 5.84 Å². The van der Waals surface area contributed by atoms with Gasteiger partial charge in [0.2, 0.25) is 15.9 Å². The van der Waals surface area contributed by atoms with Gasteiger partial charge >= 0.3 is 0 Å². The molecule has 5 rings (SSSR count). The van der Waals surface area contributed by atoms with E-state index in [2.05, 4.69) is 35.5 Å². The van der Waals surface area contributed by atoms with E-state index in [-0.39, 0.29) is 29.7 Å². The molecule has 0 aromatic heterocycles. The second-order valence-electron chi connectivity index (χ2n) is 13.9. The van der Waals surface area contributed by atoms with E-state index in [1.54, 1.807) is 30.3 Å². The summed E-state index contributed by atoms with van der Waals surface area (Å²) in [5.74, 6) is 1.35. The van der Waals surface area contributed by atoms with Crippen molar-refractivity contribution in [2.75, 3.05) is 51.2 Å². The van der Waals surface area contributed by atoms with Crippen LogP contribution in [-0.4, -0.2) is 86.3 Å². The number of nitrogens with two attached hydrogens (primary N) is 1. The van der Waals surface area contributed by atoms with Crippen LogP contribution in [0, 0.1) is 23.2 Å². The second-order valence-corrected chi connectivity index (χ2v) is 15.9. The number of aliphatic imine (C=N–C) groups is 2. The molecule has 2 heterocycles. The standard InChI is InChI=1S/C40H50N8O4S/c1-4-17-47(18-7-15-43-40(44-16-14-28(2)3)45-35-10-5-8-29(19-35)24-41)39(50)34-20-33-13-12-32(22-37(33)46-38(42)23-34)31-9-6-11-36(21-31)53(51,52)48-25-30(26-48)27-49/h5-6,8-13,19-22,28,30,49H,4,7,14-18,23,25-27H2,1-3H3,(H2,42,46)(H2,43,44,45). The van der Waals surface area contributed by atoms with Crippen molar-refractivity contribution in [2.24, 2.45) is 27.6 Å². The number of amides is 1. The van der Waals surface area contributed by atoms with Gasteiger partial charge in [0.15, 0.2) is 5.96 Å². The van der Waals surface area contributed by atoms with Crippen molar-refractivity contribution in [3.05, 3.63) is 83.4 Å². The number of nitrogens with one attached hydrogen (secondary N) is 2. The van der Waals surface area contributed by atoms with Crippen molar-refractivity contribution in [3.63, 3.8) is 0 Å². The number of carbonyl (C=O) groups is 1. The van der Waals surface area contributed by atoms with Crippen LogP contribution in [0.3, 0.4) is 0 Å². The third-order valence-electron chi connectivity index (χ3n) is 9.16. The van der Waals surface area contributed by atoms with Crippen LogP contribution in [0.2, 0.25) is 0 Å². The van der Waals surface area contributed by atoms with Crippen molar-refractivity contribution in [1.29, 1.82) is 5.26 Å². The SMILES string of the molecule is CCCN(CCCN=C(NCCC(C)C)Nc1cccc(C#N)c1)C(=O)C1=Cc2ccc(-c3cccc(S(=O)(=O)N4CC(CO)C4)c3)cc2N=C(N)C1. The zero-order valence-electron chi connectivity index (χ0n) is 30.8. The Labute approximate surface area is 313 Å². The number of rotatable bonds is 15. The highest BCUT2D eigenvalue weighted by Gasteiger charge is 2.36. The van der Waals surface area contributed by atoms with Gasteiger partial charge in [-0.3, -0.25) is 9.79 Å². The number of hydrogen-bond donors (Lipinski definition) is 4. The quantitative estimate of drug-likeness (QED) is 0.0917. The summed E-state index contributed by atoms with van der Waals surface area (Å²) < 4.78 is 27.7. The second kappa shape index (κ2) is 18.1. The van der Waals surface area contributed by atoms with Crippen LogP contribution in [0.4, 0.5) is 11.4 Å². The molecule has 1 amide bonds. The zero-order chi connectivity index (χ0) is 38.0. The molecule has 0 aliphatic carbocycles. The number of hydrogen-bond acceptors (Lipinski definition) is 8. The van der Waals surface area contributed by atoms with Crippen LogP contribution in [0.15, 0.2) is 87.2 Å². The van der Waals surface area contributed by atoms with E-state index in [0.717, 1.165) is 36.2 Å². The Balaban J connectivity index is 1.28. The van der Waals surface area contributed by atoms with E-state index in [1.807, 2.05) is 54.3 Å². The lowest BCUT2D eigenvalue weighted by Crippen LogP contribution is -2.51. The zero-order valence-corrected chi connectivity index (χ0v) is 31.6. The molecular formula is C40H50N8O4S. The normalized spacial score (nSPS) is 15.1. The minimum Gasteiger partial charge on any atom is -0.396 e. The summed E-state index contributed by atoms with van der Waals surface area (Å²) in [5, 5.41) is 25.3. The summed E-state index contributed by atoms with van der Waals surface area (Å²) in [6, 6.07) is 21.9. The number of amidine groups is 1. The van der Waals surface area contributed by atoms with Crippen LogP contribution in [0.5, 0.6) is 0 Å². The maximum Gasteiger partial charge on any atom is 0.250 e. The molecule has 0 spiro atoms. The summed E-state index contributed by atoms with van der Waals surface area (Å²) >= 11 is 0. The Morgan fingerprint density at radius 3 is 2.62 bits per heavy atom. The molecule has 3 aromatic carbocycles.